The molecule has 0 spiro atoms. The molecule has 3 atom stereocenters. The lowest BCUT2D eigenvalue weighted by molar-refractivity contribution is -0.133. The van der Waals surface area contributed by atoms with Crippen LogP contribution in [-0.2, 0) is 4.79 Å². The molecular weight excluding hydrogens is 316 g/mol. The van der Waals surface area contributed by atoms with Gasteiger partial charge in [0, 0.05) is 25.5 Å². The Bertz CT molecular complexity index is 705. The highest BCUT2D eigenvalue weighted by Crippen LogP contribution is 2.26. The number of carbonyl (C=O) groups excluding carboxylic acids is 1. The zero-order valence-corrected chi connectivity index (χ0v) is 14.8. The molecule has 2 aromatic rings. The zero-order chi connectivity index (χ0) is 17.8. The van der Waals surface area contributed by atoms with Crippen molar-refractivity contribution >= 4 is 5.91 Å². The van der Waals surface area contributed by atoms with Crippen LogP contribution in [0.15, 0.2) is 48.8 Å². The number of pyridine rings is 1. The van der Waals surface area contributed by atoms with E-state index in [1.807, 2.05) is 50.4 Å². The molecule has 0 aliphatic carbocycles. The largest absolute Gasteiger partial charge is 0.497 e. The van der Waals surface area contributed by atoms with Crippen molar-refractivity contribution in [2.45, 2.75) is 31.5 Å². The van der Waals surface area contributed by atoms with Gasteiger partial charge in [0.15, 0.2) is 0 Å². The molecule has 1 saturated heterocycles. The summed E-state index contributed by atoms with van der Waals surface area (Å²) in [6, 6.07) is 11.6. The summed E-state index contributed by atoms with van der Waals surface area (Å²) >= 11 is 0. The summed E-state index contributed by atoms with van der Waals surface area (Å²) in [5.41, 5.74) is 8.57. The quantitative estimate of drug-likeness (QED) is 0.874. The van der Waals surface area contributed by atoms with E-state index in [1.165, 1.54) is 0 Å². The molecule has 1 aromatic heterocycles. The van der Waals surface area contributed by atoms with Gasteiger partial charge in [0.1, 0.15) is 11.8 Å². The van der Waals surface area contributed by atoms with Crippen LogP contribution < -0.4 is 15.6 Å². The van der Waals surface area contributed by atoms with Crippen LogP contribution in [-0.4, -0.2) is 36.0 Å². The monoisotopic (exact) mass is 340 g/mol. The predicted molar refractivity (Wildman–Crippen MR) is 95.8 cm³/mol. The minimum Gasteiger partial charge on any atom is -0.497 e. The number of rotatable bonds is 5. The van der Waals surface area contributed by atoms with E-state index in [1.54, 1.807) is 24.4 Å². The SMILES string of the molecule is COc1ccc(C2CC(C(=O)N(C)C(C)c3ccncc3)NN2)cc1. The number of aromatic nitrogens is 1. The maximum absolute atomic E-state index is 12.8. The average Bonchev–Trinajstić information content (AvgIpc) is 3.17. The van der Waals surface area contributed by atoms with E-state index in [-0.39, 0.29) is 24.0 Å². The normalized spacial score (nSPS) is 20.9. The summed E-state index contributed by atoms with van der Waals surface area (Å²) in [4.78, 5) is 18.6. The molecule has 1 aromatic carbocycles. The molecule has 132 valence electrons. The Morgan fingerprint density at radius 3 is 2.52 bits per heavy atom. The molecular formula is C19H24N4O2. The lowest BCUT2D eigenvalue weighted by Crippen LogP contribution is -2.44. The number of amides is 1. The van der Waals surface area contributed by atoms with Gasteiger partial charge in [-0.25, -0.2) is 10.9 Å². The van der Waals surface area contributed by atoms with Crippen molar-refractivity contribution in [1.29, 1.82) is 0 Å². The number of carbonyl (C=O) groups is 1. The van der Waals surface area contributed by atoms with Crippen molar-refractivity contribution < 1.29 is 9.53 Å². The van der Waals surface area contributed by atoms with Crippen molar-refractivity contribution in [2.75, 3.05) is 14.2 Å². The summed E-state index contributed by atoms with van der Waals surface area (Å²) in [6.45, 7) is 2.02. The first-order valence-electron chi connectivity index (χ1n) is 8.41. The fourth-order valence-corrected chi connectivity index (χ4v) is 3.08. The first kappa shape index (κ1) is 17.4. The van der Waals surface area contributed by atoms with E-state index in [0.717, 1.165) is 16.9 Å². The Labute approximate surface area is 148 Å². The Kier molecular flexibility index (Phi) is 5.31. The number of hydrogen-bond donors (Lipinski definition) is 2. The van der Waals surface area contributed by atoms with Crippen LogP contribution in [0.5, 0.6) is 5.75 Å². The number of nitrogens with one attached hydrogen (secondary N) is 2. The van der Waals surface area contributed by atoms with Gasteiger partial charge in [-0.3, -0.25) is 9.78 Å². The molecule has 2 heterocycles. The number of nitrogens with zero attached hydrogens (tertiary/aromatic N) is 2. The lowest BCUT2D eigenvalue weighted by atomic mass is 10.0. The number of likely N-dealkylation sites (N-methyl/N-ethyl adjacent to an activating group) is 1. The molecule has 0 saturated carbocycles. The molecule has 6 nitrogen and oxygen atoms in total. The first-order valence-corrected chi connectivity index (χ1v) is 8.41. The molecule has 6 heteroatoms. The maximum Gasteiger partial charge on any atom is 0.241 e. The van der Waals surface area contributed by atoms with Gasteiger partial charge in [-0.1, -0.05) is 12.1 Å². The Morgan fingerprint density at radius 1 is 1.20 bits per heavy atom. The van der Waals surface area contributed by atoms with Gasteiger partial charge in [0.25, 0.3) is 0 Å². The van der Waals surface area contributed by atoms with E-state index in [0.29, 0.717) is 6.42 Å². The number of hydrazine groups is 1. The summed E-state index contributed by atoms with van der Waals surface area (Å²) in [5, 5.41) is 0. The van der Waals surface area contributed by atoms with Gasteiger partial charge in [-0.05, 0) is 48.7 Å². The smallest absolute Gasteiger partial charge is 0.241 e. The summed E-state index contributed by atoms with van der Waals surface area (Å²) in [6.07, 6.45) is 4.21. The van der Waals surface area contributed by atoms with Gasteiger partial charge < -0.3 is 9.64 Å². The van der Waals surface area contributed by atoms with Crippen molar-refractivity contribution in [2.24, 2.45) is 0 Å². The molecule has 2 N–H and O–H groups in total. The van der Waals surface area contributed by atoms with Crippen LogP contribution in [0.4, 0.5) is 0 Å². The van der Waals surface area contributed by atoms with E-state index in [2.05, 4.69) is 15.8 Å². The van der Waals surface area contributed by atoms with Crippen LogP contribution in [0, 0.1) is 0 Å². The van der Waals surface area contributed by atoms with Crippen LogP contribution in [0.2, 0.25) is 0 Å². The molecule has 1 fully saturated rings. The predicted octanol–water partition coefficient (Wildman–Crippen LogP) is 2.22. The molecule has 3 unspecified atom stereocenters. The highest BCUT2D eigenvalue weighted by atomic mass is 16.5. The summed E-state index contributed by atoms with van der Waals surface area (Å²) in [5.74, 6) is 0.904. The second kappa shape index (κ2) is 7.63. The molecule has 0 radical (unpaired) electrons. The zero-order valence-electron chi connectivity index (χ0n) is 14.8. The topological polar surface area (TPSA) is 66.5 Å². The van der Waals surface area contributed by atoms with Crippen LogP contribution in [0.25, 0.3) is 0 Å². The summed E-state index contributed by atoms with van der Waals surface area (Å²) in [7, 11) is 3.49. The minimum absolute atomic E-state index is 0.00247. The number of hydrogen-bond acceptors (Lipinski definition) is 5. The Balaban J connectivity index is 1.63. The lowest BCUT2D eigenvalue weighted by Gasteiger charge is -2.27. The second-order valence-electron chi connectivity index (χ2n) is 6.31. The third kappa shape index (κ3) is 3.81. The van der Waals surface area contributed by atoms with Crippen molar-refractivity contribution in [3.05, 3.63) is 59.9 Å². The fraction of sp³-hybridized carbons (Fsp3) is 0.368. The average molecular weight is 340 g/mol. The van der Waals surface area contributed by atoms with E-state index in [9.17, 15) is 4.79 Å². The minimum atomic E-state index is -0.249. The van der Waals surface area contributed by atoms with Gasteiger partial charge >= 0.3 is 0 Å². The molecule has 1 aliphatic rings. The maximum atomic E-state index is 12.8. The molecule has 3 rings (SSSR count). The van der Waals surface area contributed by atoms with Gasteiger partial charge in [-0.15, -0.1) is 0 Å². The van der Waals surface area contributed by atoms with E-state index in [4.69, 9.17) is 4.74 Å². The number of methoxy groups -OCH3 is 1. The molecule has 0 bridgehead atoms. The third-order valence-corrected chi connectivity index (χ3v) is 4.84. The van der Waals surface area contributed by atoms with Gasteiger partial charge in [0.05, 0.1) is 13.2 Å². The first-order chi connectivity index (χ1) is 12.1. The second-order valence-corrected chi connectivity index (χ2v) is 6.31. The fourth-order valence-electron chi connectivity index (χ4n) is 3.08. The summed E-state index contributed by atoms with van der Waals surface area (Å²) < 4.78 is 5.19. The van der Waals surface area contributed by atoms with Gasteiger partial charge in [0.2, 0.25) is 5.91 Å². The highest BCUT2D eigenvalue weighted by molar-refractivity contribution is 5.82. The highest BCUT2D eigenvalue weighted by Gasteiger charge is 2.33. The van der Waals surface area contributed by atoms with Crippen LogP contribution in [0.3, 0.4) is 0 Å². The molecule has 1 amide bonds. The van der Waals surface area contributed by atoms with Gasteiger partial charge in [-0.2, -0.15) is 0 Å². The molecule has 25 heavy (non-hydrogen) atoms. The Morgan fingerprint density at radius 2 is 1.88 bits per heavy atom. The number of ether oxygens (including phenoxy) is 1. The molecule has 1 aliphatic heterocycles. The third-order valence-electron chi connectivity index (χ3n) is 4.84. The van der Waals surface area contributed by atoms with Crippen molar-refractivity contribution in [1.82, 2.24) is 20.7 Å². The van der Waals surface area contributed by atoms with E-state index < -0.39 is 0 Å². The van der Waals surface area contributed by atoms with Crippen molar-refractivity contribution in [3.8, 4) is 5.75 Å². The standard InChI is InChI=1S/C19H24N4O2/c1-13(14-8-10-20-11-9-14)23(2)19(24)18-12-17(21-22-18)15-4-6-16(25-3)7-5-15/h4-11,13,17-18,21-22H,12H2,1-3H3. The van der Waals surface area contributed by atoms with Crippen LogP contribution in [0.1, 0.15) is 36.6 Å². The number of benzene rings is 1. The van der Waals surface area contributed by atoms with E-state index >= 15 is 0 Å². The Hall–Kier alpha value is -2.44. The van der Waals surface area contributed by atoms with Crippen LogP contribution >= 0.6 is 0 Å². The van der Waals surface area contributed by atoms with Crippen molar-refractivity contribution in [3.63, 3.8) is 0 Å².